The SMILES string of the molecule is NC(=S)c1ccc(NCCC(F)(F)F)cn1. The van der Waals surface area contributed by atoms with Crippen LogP contribution in [0, 0.1) is 0 Å². The lowest BCUT2D eigenvalue weighted by molar-refractivity contribution is -0.131. The third kappa shape index (κ3) is 4.43. The second kappa shape index (κ2) is 5.11. The maximum absolute atomic E-state index is 11.8. The predicted molar refractivity (Wildman–Crippen MR) is 59.3 cm³/mol. The maximum Gasteiger partial charge on any atom is 0.390 e. The zero-order valence-electron chi connectivity index (χ0n) is 8.21. The monoisotopic (exact) mass is 249 g/mol. The van der Waals surface area contributed by atoms with Crippen molar-refractivity contribution < 1.29 is 13.2 Å². The molecule has 0 atom stereocenters. The fraction of sp³-hybridized carbons (Fsp3) is 0.333. The van der Waals surface area contributed by atoms with Gasteiger partial charge in [0.2, 0.25) is 0 Å². The molecule has 3 N–H and O–H groups in total. The average molecular weight is 249 g/mol. The van der Waals surface area contributed by atoms with Crippen molar-refractivity contribution in [3.8, 4) is 0 Å². The second-order valence-corrected chi connectivity index (χ2v) is 3.53. The minimum atomic E-state index is -4.15. The number of thiocarbonyl (C=S) groups is 1. The van der Waals surface area contributed by atoms with Gasteiger partial charge in [-0.25, -0.2) is 0 Å². The molecule has 1 heterocycles. The van der Waals surface area contributed by atoms with E-state index in [0.717, 1.165) is 0 Å². The topological polar surface area (TPSA) is 50.9 Å². The van der Waals surface area contributed by atoms with E-state index in [-0.39, 0.29) is 11.5 Å². The number of nitrogens with one attached hydrogen (secondary N) is 1. The quantitative estimate of drug-likeness (QED) is 0.802. The molecule has 0 aliphatic rings. The molecule has 3 nitrogen and oxygen atoms in total. The lowest BCUT2D eigenvalue weighted by Gasteiger charge is -2.08. The first-order valence-electron chi connectivity index (χ1n) is 4.45. The highest BCUT2D eigenvalue weighted by Gasteiger charge is 2.26. The maximum atomic E-state index is 11.8. The van der Waals surface area contributed by atoms with E-state index in [9.17, 15) is 13.2 Å². The third-order valence-electron chi connectivity index (χ3n) is 1.75. The van der Waals surface area contributed by atoms with Crippen LogP contribution in [0.2, 0.25) is 0 Å². The number of halogens is 3. The van der Waals surface area contributed by atoms with Gasteiger partial charge in [-0.2, -0.15) is 13.2 Å². The standard InChI is InChI=1S/C9H10F3N3S/c10-9(11,12)3-4-14-6-1-2-7(8(13)16)15-5-6/h1-2,5,14H,3-4H2,(H2,13,16). The summed E-state index contributed by atoms with van der Waals surface area (Å²) in [5, 5.41) is 2.60. The Labute approximate surface area is 95.9 Å². The zero-order valence-corrected chi connectivity index (χ0v) is 9.03. The van der Waals surface area contributed by atoms with Gasteiger partial charge in [0.15, 0.2) is 0 Å². The molecular formula is C9H10F3N3S. The highest BCUT2D eigenvalue weighted by molar-refractivity contribution is 7.80. The molecule has 1 aromatic heterocycles. The van der Waals surface area contributed by atoms with Gasteiger partial charge in [-0.15, -0.1) is 0 Å². The number of nitrogens with two attached hydrogens (primary N) is 1. The molecule has 16 heavy (non-hydrogen) atoms. The molecule has 7 heteroatoms. The van der Waals surface area contributed by atoms with E-state index in [1.54, 1.807) is 12.1 Å². The van der Waals surface area contributed by atoms with E-state index >= 15 is 0 Å². The van der Waals surface area contributed by atoms with Crippen molar-refractivity contribution in [3.63, 3.8) is 0 Å². The Bertz CT molecular complexity index is 361. The molecule has 0 aromatic carbocycles. The largest absolute Gasteiger partial charge is 0.390 e. The number of hydrogen-bond acceptors (Lipinski definition) is 3. The third-order valence-corrected chi connectivity index (χ3v) is 1.96. The summed E-state index contributed by atoms with van der Waals surface area (Å²) in [6.45, 7) is -0.183. The summed E-state index contributed by atoms with van der Waals surface area (Å²) in [6.07, 6.45) is -3.64. The Balaban J connectivity index is 2.47. The normalized spacial score (nSPS) is 11.2. The van der Waals surface area contributed by atoms with E-state index in [1.165, 1.54) is 6.20 Å². The first-order chi connectivity index (χ1) is 7.38. The lowest BCUT2D eigenvalue weighted by Crippen LogP contribution is -2.15. The van der Waals surface area contributed by atoms with Gasteiger partial charge >= 0.3 is 6.18 Å². The summed E-state index contributed by atoms with van der Waals surface area (Å²) in [7, 11) is 0. The summed E-state index contributed by atoms with van der Waals surface area (Å²) in [5.74, 6) is 0. The highest BCUT2D eigenvalue weighted by Crippen LogP contribution is 2.19. The van der Waals surface area contributed by atoms with Crippen LogP contribution in [0.4, 0.5) is 18.9 Å². The molecule has 0 amide bonds. The minimum absolute atomic E-state index is 0.154. The van der Waals surface area contributed by atoms with Gasteiger partial charge in [-0.1, -0.05) is 12.2 Å². The fourth-order valence-corrected chi connectivity index (χ4v) is 1.11. The van der Waals surface area contributed by atoms with Crippen molar-refractivity contribution in [2.45, 2.75) is 12.6 Å². The van der Waals surface area contributed by atoms with Crippen LogP contribution in [0.15, 0.2) is 18.3 Å². The summed E-state index contributed by atoms with van der Waals surface area (Å²) in [6, 6.07) is 3.14. The van der Waals surface area contributed by atoms with Crippen molar-refractivity contribution in [2.75, 3.05) is 11.9 Å². The van der Waals surface area contributed by atoms with Crippen molar-refractivity contribution >= 4 is 22.9 Å². The summed E-state index contributed by atoms with van der Waals surface area (Å²) < 4.78 is 35.5. The molecule has 0 saturated carbocycles. The van der Waals surface area contributed by atoms with E-state index in [1.807, 2.05) is 0 Å². The number of pyridine rings is 1. The van der Waals surface area contributed by atoms with Crippen molar-refractivity contribution in [1.82, 2.24) is 4.98 Å². The van der Waals surface area contributed by atoms with Crippen molar-refractivity contribution in [2.24, 2.45) is 5.73 Å². The predicted octanol–water partition coefficient (Wildman–Crippen LogP) is 2.08. The van der Waals surface area contributed by atoms with Gasteiger partial charge in [0.25, 0.3) is 0 Å². The number of anilines is 1. The number of nitrogens with zero attached hydrogens (tertiary/aromatic N) is 1. The van der Waals surface area contributed by atoms with Gasteiger partial charge in [0.1, 0.15) is 4.99 Å². The summed E-state index contributed by atoms with van der Waals surface area (Å²) in [5.41, 5.74) is 6.27. The van der Waals surface area contributed by atoms with Crippen LogP contribution < -0.4 is 11.1 Å². The van der Waals surface area contributed by atoms with Gasteiger partial charge in [0.05, 0.1) is 24.0 Å². The highest BCUT2D eigenvalue weighted by atomic mass is 32.1. The first kappa shape index (κ1) is 12.7. The fourth-order valence-electron chi connectivity index (χ4n) is 0.993. The van der Waals surface area contributed by atoms with E-state index < -0.39 is 12.6 Å². The Kier molecular flexibility index (Phi) is 4.05. The first-order valence-corrected chi connectivity index (χ1v) is 4.86. The van der Waals surface area contributed by atoms with Crippen LogP contribution >= 0.6 is 12.2 Å². The van der Waals surface area contributed by atoms with Gasteiger partial charge < -0.3 is 11.1 Å². The Hall–Kier alpha value is -1.37. The number of rotatable bonds is 4. The average Bonchev–Trinajstić information content (AvgIpc) is 2.16. The van der Waals surface area contributed by atoms with Gasteiger partial charge in [-0.05, 0) is 12.1 Å². The van der Waals surface area contributed by atoms with E-state index in [0.29, 0.717) is 11.4 Å². The Morgan fingerprint density at radius 2 is 2.12 bits per heavy atom. The lowest BCUT2D eigenvalue weighted by atomic mass is 10.3. The second-order valence-electron chi connectivity index (χ2n) is 3.09. The molecule has 88 valence electrons. The zero-order chi connectivity index (χ0) is 12.2. The molecule has 1 aromatic rings. The van der Waals surface area contributed by atoms with Gasteiger partial charge in [-0.3, -0.25) is 4.98 Å². The van der Waals surface area contributed by atoms with Crippen LogP contribution in [0.5, 0.6) is 0 Å². The molecule has 0 aliphatic carbocycles. The van der Waals surface area contributed by atoms with Crippen LogP contribution in [-0.4, -0.2) is 22.7 Å². The molecule has 0 radical (unpaired) electrons. The molecule has 0 unspecified atom stereocenters. The van der Waals surface area contributed by atoms with E-state index in [2.05, 4.69) is 22.5 Å². The van der Waals surface area contributed by atoms with Crippen LogP contribution in [0.1, 0.15) is 12.1 Å². The smallest absolute Gasteiger partial charge is 0.388 e. The number of alkyl halides is 3. The molecule has 0 bridgehead atoms. The van der Waals surface area contributed by atoms with Crippen molar-refractivity contribution in [3.05, 3.63) is 24.0 Å². The summed E-state index contributed by atoms with van der Waals surface area (Å²) >= 11 is 4.69. The molecule has 0 saturated heterocycles. The van der Waals surface area contributed by atoms with Crippen molar-refractivity contribution in [1.29, 1.82) is 0 Å². The number of hydrogen-bond donors (Lipinski definition) is 2. The van der Waals surface area contributed by atoms with Crippen LogP contribution in [0.25, 0.3) is 0 Å². The molecule has 0 fully saturated rings. The van der Waals surface area contributed by atoms with Crippen LogP contribution in [-0.2, 0) is 0 Å². The molecule has 0 aliphatic heterocycles. The molecule has 1 rings (SSSR count). The number of aromatic nitrogens is 1. The Morgan fingerprint density at radius 3 is 2.56 bits per heavy atom. The minimum Gasteiger partial charge on any atom is -0.388 e. The van der Waals surface area contributed by atoms with Crippen LogP contribution in [0.3, 0.4) is 0 Å². The van der Waals surface area contributed by atoms with Gasteiger partial charge in [0, 0.05) is 6.54 Å². The molecular weight excluding hydrogens is 239 g/mol. The van der Waals surface area contributed by atoms with E-state index in [4.69, 9.17) is 5.73 Å². The molecule has 0 spiro atoms. The summed E-state index contributed by atoms with van der Waals surface area (Å²) in [4.78, 5) is 4.04. The Morgan fingerprint density at radius 1 is 1.44 bits per heavy atom.